The lowest BCUT2D eigenvalue weighted by molar-refractivity contribution is -0.134. The van der Waals surface area contributed by atoms with Crippen LogP contribution in [-0.4, -0.2) is 46.8 Å². The Labute approximate surface area is 118 Å². The Morgan fingerprint density at radius 1 is 1.57 bits per heavy atom. The molecule has 1 aromatic rings. The molecule has 0 bridgehead atoms. The number of rotatable bonds is 4. The first-order chi connectivity index (χ1) is 10.1. The van der Waals surface area contributed by atoms with Crippen LogP contribution in [0, 0.1) is 0 Å². The molecule has 0 radical (unpaired) electrons. The zero-order valence-corrected chi connectivity index (χ0v) is 11.2. The van der Waals surface area contributed by atoms with E-state index in [2.05, 4.69) is 4.74 Å². The summed E-state index contributed by atoms with van der Waals surface area (Å²) in [4.78, 5) is 34.9. The van der Waals surface area contributed by atoms with Crippen LogP contribution >= 0.6 is 0 Å². The molecule has 1 aromatic heterocycles. The summed E-state index contributed by atoms with van der Waals surface area (Å²) in [6, 6.07) is 1.15. The van der Waals surface area contributed by atoms with Gasteiger partial charge in [0.15, 0.2) is 12.5 Å². The topological polar surface area (TPSA) is 109 Å². The number of aliphatic hydroxyl groups is 1. The molecule has 0 aromatic carbocycles. The van der Waals surface area contributed by atoms with Gasteiger partial charge >= 0.3 is 11.7 Å². The fourth-order valence-corrected chi connectivity index (χ4v) is 1.75. The smallest absolute Gasteiger partial charge is 0.337 e. The van der Waals surface area contributed by atoms with Crippen molar-refractivity contribution >= 4 is 12.2 Å². The minimum Gasteiger partial charge on any atom is -0.466 e. The van der Waals surface area contributed by atoms with Crippen LogP contribution in [0.3, 0.4) is 0 Å². The van der Waals surface area contributed by atoms with Crippen molar-refractivity contribution < 1.29 is 24.1 Å². The maximum atomic E-state index is 12.2. The third kappa shape index (κ3) is 3.27. The highest BCUT2D eigenvalue weighted by Crippen LogP contribution is 2.18. The lowest BCUT2D eigenvalue weighted by Gasteiger charge is -2.13. The predicted molar refractivity (Wildman–Crippen MR) is 69.3 cm³/mol. The normalized spacial score (nSPS) is 21.8. The summed E-state index contributed by atoms with van der Waals surface area (Å²) >= 11 is 0. The largest absolute Gasteiger partial charge is 0.466 e. The van der Waals surface area contributed by atoms with Gasteiger partial charge < -0.3 is 19.3 Å². The lowest BCUT2D eigenvalue weighted by Crippen LogP contribution is -2.38. The van der Waals surface area contributed by atoms with Crippen molar-refractivity contribution in [1.29, 1.82) is 0 Å². The fraction of sp³-hybridized carbons (Fsp3) is 0.417. The molecule has 0 saturated carbocycles. The Morgan fingerprint density at radius 3 is 2.95 bits per heavy atom. The van der Waals surface area contributed by atoms with Crippen molar-refractivity contribution in [3.8, 4) is 0 Å². The van der Waals surface area contributed by atoms with E-state index in [4.69, 9.17) is 14.6 Å². The van der Waals surface area contributed by atoms with Crippen LogP contribution in [0.4, 0.5) is 0 Å². The highest BCUT2D eigenvalue weighted by molar-refractivity contribution is 5.84. The number of methoxy groups -OCH3 is 1. The molecule has 2 rings (SSSR count). The van der Waals surface area contributed by atoms with E-state index in [1.807, 2.05) is 0 Å². The van der Waals surface area contributed by atoms with Gasteiger partial charge in [0.25, 0.3) is 5.56 Å². The molecule has 2 atom stereocenters. The molecule has 2 heterocycles. The van der Waals surface area contributed by atoms with Crippen LogP contribution in [-0.2, 0) is 19.0 Å². The summed E-state index contributed by atoms with van der Waals surface area (Å²) in [5.41, 5.74) is -1.30. The van der Waals surface area contributed by atoms with Crippen molar-refractivity contribution in [2.45, 2.75) is 12.5 Å². The third-order valence-corrected chi connectivity index (χ3v) is 2.80. The summed E-state index contributed by atoms with van der Waals surface area (Å²) in [6.45, 7) is -0.281. The molecule has 0 spiro atoms. The minimum absolute atomic E-state index is 0.0596. The molecule has 1 aliphatic heterocycles. The van der Waals surface area contributed by atoms with E-state index >= 15 is 0 Å². The monoisotopic (exact) mass is 298 g/mol. The fourth-order valence-electron chi connectivity index (χ4n) is 1.75. The molecule has 0 amide bonds. The molecule has 9 nitrogen and oxygen atoms in total. The molecular weight excluding hydrogens is 284 g/mol. The average Bonchev–Trinajstić information content (AvgIpc) is 2.95. The Bertz CT molecular complexity index is 660. The van der Waals surface area contributed by atoms with Gasteiger partial charge in [-0.15, -0.1) is 0 Å². The molecule has 1 aliphatic rings. The summed E-state index contributed by atoms with van der Waals surface area (Å²) in [5.74, 6) is -0.697. The van der Waals surface area contributed by atoms with Gasteiger partial charge in [0.1, 0.15) is 0 Å². The second kappa shape index (κ2) is 6.48. The van der Waals surface area contributed by atoms with Gasteiger partial charge in [0.2, 0.25) is 0 Å². The van der Waals surface area contributed by atoms with E-state index in [0.29, 0.717) is 0 Å². The lowest BCUT2D eigenvalue weighted by atomic mass is 10.5. The van der Waals surface area contributed by atoms with Gasteiger partial charge in [-0.1, -0.05) is 0 Å². The number of hydrogen-bond donors (Lipinski definition) is 1. The van der Waals surface area contributed by atoms with E-state index in [0.717, 1.165) is 27.5 Å². The van der Waals surface area contributed by atoms with Crippen molar-refractivity contribution in [2.24, 2.45) is 0 Å². The van der Waals surface area contributed by atoms with E-state index in [1.54, 1.807) is 0 Å². The molecule has 9 heteroatoms. The molecular formula is C12H14N2O7. The zero-order chi connectivity index (χ0) is 15.4. The molecule has 0 aliphatic carbocycles. The average molecular weight is 298 g/mol. The highest BCUT2D eigenvalue weighted by atomic mass is 16.7. The Balaban J connectivity index is 2.34. The number of aromatic nitrogens is 2. The van der Waals surface area contributed by atoms with Gasteiger partial charge in [-0.2, -0.15) is 0 Å². The van der Waals surface area contributed by atoms with Crippen molar-refractivity contribution in [3.63, 3.8) is 0 Å². The van der Waals surface area contributed by atoms with Crippen LogP contribution in [0.2, 0.25) is 0 Å². The molecule has 21 heavy (non-hydrogen) atoms. The van der Waals surface area contributed by atoms with E-state index < -0.39 is 29.7 Å². The van der Waals surface area contributed by atoms with Crippen LogP contribution < -0.4 is 11.2 Å². The van der Waals surface area contributed by atoms with Gasteiger partial charge in [-0.3, -0.25) is 9.36 Å². The number of carbonyl (C=O) groups excluding carboxylic acids is 1. The Kier molecular flexibility index (Phi) is 4.68. The van der Waals surface area contributed by atoms with Crippen molar-refractivity contribution in [2.75, 3.05) is 20.3 Å². The minimum atomic E-state index is -0.812. The SMILES string of the molecule is COC(=O)C=Cn1c(=O)ccn([C@@H]2CO[C@H](CO)O2)c1=O. The maximum Gasteiger partial charge on any atom is 0.337 e. The maximum absolute atomic E-state index is 12.2. The first-order valence-corrected chi connectivity index (χ1v) is 6.04. The van der Waals surface area contributed by atoms with Crippen molar-refractivity contribution in [3.05, 3.63) is 39.2 Å². The zero-order valence-electron chi connectivity index (χ0n) is 11.2. The van der Waals surface area contributed by atoms with Gasteiger partial charge in [-0.25, -0.2) is 14.2 Å². The Morgan fingerprint density at radius 2 is 2.33 bits per heavy atom. The summed E-state index contributed by atoms with van der Waals surface area (Å²) < 4.78 is 16.6. The first kappa shape index (κ1) is 15.2. The number of ether oxygens (including phenoxy) is 3. The number of aliphatic hydroxyl groups excluding tert-OH is 1. The summed E-state index contributed by atoms with van der Waals surface area (Å²) in [6.07, 6.45) is 1.67. The third-order valence-electron chi connectivity index (χ3n) is 2.80. The number of hydrogen-bond acceptors (Lipinski definition) is 7. The highest BCUT2D eigenvalue weighted by Gasteiger charge is 2.27. The van der Waals surface area contributed by atoms with Crippen LogP contribution in [0.5, 0.6) is 0 Å². The Hall–Kier alpha value is -2.23. The van der Waals surface area contributed by atoms with Gasteiger partial charge in [0.05, 0.1) is 20.3 Å². The first-order valence-electron chi connectivity index (χ1n) is 6.04. The number of carbonyl (C=O) groups is 1. The van der Waals surface area contributed by atoms with E-state index in [1.165, 1.54) is 13.3 Å². The number of esters is 1. The number of nitrogens with zero attached hydrogens (tertiary/aromatic N) is 2. The summed E-state index contributed by atoms with van der Waals surface area (Å²) in [7, 11) is 1.18. The molecule has 114 valence electrons. The predicted octanol–water partition coefficient (Wildman–Crippen LogP) is -1.48. The van der Waals surface area contributed by atoms with Crippen LogP contribution in [0.1, 0.15) is 6.23 Å². The van der Waals surface area contributed by atoms with Crippen LogP contribution in [0.15, 0.2) is 27.9 Å². The summed E-state index contributed by atoms with van der Waals surface area (Å²) in [5, 5.41) is 8.92. The standard InChI is InChI=1S/C12H14N2O7/c1-19-10(17)3-5-13-8(16)2-4-14(12(13)18)9-7-20-11(6-15)21-9/h2-5,9,11,15H,6-7H2,1H3/t9-,11-/m0/s1. The van der Waals surface area contributed by atoms with Gasteiger partial charge in [-0.05, 0) is 0 Å². The van der Waals surface area contributed by atoms with Crippen molar-refractivity contribution in [1.82, 2.24) is 9.13 Å². The second-order valence-electron chi connectivity index (χ2n) is 4.09. The second-order valence-corrected chi connectivity index (χ2v) is 4.09. The van der Waals surface area contributed by atoms with Crippen LogP contribution in [0.25, 0.3) is 6.20 Å². The molecule has 1 saturated heterocycles. The van der Waals surface area contributed by atoms with E-state index in [9.17, 15) is 14.4 Å². The molecule has 1 fully saturated rings. The molecule has 0 unspecified atom stereocenters. The molecule has 1 N–H and O–H groups in total. The van der Waals surface area contributed by atoms with E-state index in [-0.39, 0.29) is 13.2 Å². The van der Waals surface area contributed by atoms with Gasteiger partial charge in [0, 0.05) is 24.5 Å². The quantitative estimate of drug-likeness (QED) is 0.533.